The van der Waals surface area contributed by atoms with Gasteiger partial charge < -0.3 is 11.1 Å². The summed E-state index contributed by atoms with van der Waals surface area (Å²) in [7, 11) is 0. The molecule has 1 aliphatic rings. The third-order valence-electron chi connectivity index (χ3n) is 3.28. The van der Waals surface area contributed by atoms with E-state index in [4.69, 9.17) is 17.3 Å². The minimum Gasteiger partial charge on any atom is -0.369 e. The van der Waals surface area contributed by atoms with Crippen molar-refractivity contribution in [3.05, 3.63) is 21.8 Å². The maximum Gasteiger partial charge on any atom is 0.220 e. The minimum atomic E-state index is -0.187. The summed E-state index contributed by atoms with van der Waals surface area (Å²) in [6.07, 6.45) is 5.22. The fourth-order valence-corrected chi connectivity index (χ4v) is 2.92. The van der Waals surface area contributed by atoms with Crippen LogP contribution in [0.2, 0.25) is 5.02 Å². The van der Waals surface area contributed by atoms with Gasteiger partial charge in [-0.2, -0.15) is 0 Å². The topological polar surface area (TPSA) is 68.0 Å². The maximum atomic E-state index is 11.1. The number of nitrogens with two attached hydrogens (primary N) is 1. The predicted molar refractivity (Wildman–Crippen MR) is 75.5 cm³/mol. The lowest BCUT2D eigenvalue weighted by molar-refractivity contribution is -0.122. The van der Waals surface area contributed by atoms with Crippen molar-refractivity contribution >= 4 is 39.3 Å². The van der Waals surface area contributed by atoms with Crippen molar-refractivity contribution in [3.63, 3.8) is 0 Å². The Balaban J connectivity index is 1.93. The van der Waals surface area contributed by atoms with E-state index < -0.39 is 0 Å². The van der Waals surface area contributed by atoms with Gasteiger partial charge in [0.25, 0.3) is 0 Å². The summed E-state index contributed by atoms with van der Waals surface area (Å²) in [6.45, 7) is 0. The number of rotatable bonds is 3. The third-order valence-corrected chi connectivity index (χ3v) is 4.00. The summed E-state index contributed by atoms with van der Waals surface area (Å²) in [6, 6.07) is 2.12. The Morgan fingerprint density at radius 1 is 1.44 bits per heavy atom. The highest BCUT2D eigenvalue weighted by Crippen LogP contribution is 2.29. The Morgan fingerprint density at radius 2 is 2.11 bits per heavy atom. The van der Waals surface area contributed by atoms with Gasteiger partial charge in [0.1, 0.15) is 5.82 Å². The highest BCUT2D eigenvalue weighted by molar-refractivity contribution is 9.10. The van der Waals surface area contributed by atoms with Gasteiger partial charge in [0.15, 0.2) is 0 Å². The maximum absolute atomic E-state index is 11.1. The van der Waals surface area contributed by atoms with Crippen LogP contribution in [0.15, 0.2) is 16.7 Å². The Labute approximate surface area is 119 Å². The van der Waals surface area contributed by atoms with Crippen LogP contribution in [0.1, 0.15) is 25.7 Å². The number of pyridine rings is 1. The van der Waals surface area contributed by atoms with Gasteiger partial charge >= 0.3 is 0 Å². The van der Waals surface area contributed by atoms with Crippen molar-refractivity contribution in [1.29, 1.82) is 0 Å². The molecule has 98 valence electrons. The predicted octanol–water partition coefficient (Wildman–Crippen LogP) is 2.95. The first-order valence-electron chi connectivity index (χ1n) is 5.93. The first kappa shape index (κ1) is 13.6. The SMILES string of the molecule is NC(=O)C1CCC(Nc2ncc(Br)cc2Cl)CC1. The van der Waals surface area contributed by atoms with Gasteiger partial charge in [-0.15, -0.1) is 0 Å². The van der Waals surface area contributed by atoms with Gasteiger partial charge in [-0.3, -0.25) is 4.79 Å². The van der Waals surface area contributed by atoms with E-state index in [2.05, 4.69) is 26.2 Å². The smallest absolute Gasteiger partial charge is 0.220 e. The molecule has 0 aliphatic heterocycles. The van der Waals surface area contributed by atoms with Gasteiger partial charge in [-0.1, -0.05) is 11.6 Å². The van der Waals surface area contributed by atoms with E-state index in [1.165, 1.54) is 0 Å². The number of carbonyl (C=O) groups is 1. The summed E-state index contributed by atoms with van der Waals surface area (Å²) >= 11 is 9.42. The summed E-state index contributed by atoms with van der Waals surface area (Å²) in [4.78, 5) is 15.3. The normalized spacial score (nSPS) is 23.7. The molecule has 1 heterocycles. The molecule has 1 aromatic rings. The highest BCUT2D eigenvalue weighted by atomic mass is 79.9. The first-order chi connectivity index (χ1) is 8.56. The summed E-state index contributed by atoms with van der Waals surface area (Å²) < 4.78 is 0.857. The summed E-state index contributed by atoms with van der Waals surface area (Å²) in [5.74, 6) is 0.534. The number of anilines is 1. The summed E-state index contributed by atoms with van der Waals surface area (Å²) in [5, 5.41) is 3.92. The number of carbonyl (C=O) groups excluding carboxylic acids is 1. The third kappa shape index (κ3) is 3.36. The molecule has 1 aromatic heterocycles. The Hall–Kier alpha value is -0.810. The molecule has 1 aliphatic carbocycles. The average Bonchev–Trinajstić information content (AvgIpc) is 2.33. The van der Waals surface area contributed by atoms with E-state index in [1.807, 2.05) is 6.07 Å². The van der Waals surface area contributed by atoms with Crippen LogP contribution in [-0.4, -0.2) is 16.9 Å². The lowest BCUT2D eigenvalue weighted by atomic mass is 9.85. The number of hydrogen-bond donors (Lipinski definition) is 2. The first-order valence-corrected chi connectivity index (χ1v) is 7.10. The molecule has 0 atom stereocenters. The number of halogens is 2. The van der Waals surface area contributed by atoms with E-state index in [0.717, 1.165) is 30.2 Å². The molecule has 0 radical (unpaired) electrons. The number of amides is 1. The largest absolute Gasteiger partial charge is 0.369 e. The molecule has 1 amide bonds. The average molecular weight is 333 g/mol. The van der Waals surface area contributed by atoms with Crippen LogP contribution in [-0.2, 0) is 4.79 Å². The molecule has 2 rings (SSSR count). The molecule has 4 nitrogen and oxygen atoms in total. The molecular formula is C12H15BrClN3O. The van der Waals surface area contributed by atoms with Crippen LogP contribution in [0.4, 0.5) is 5.82 Å². The second-order valence-corrected chi connectivity index (χ2v) is 5.90. The van der Waals surface area contributed by atoms with Crippen LogP contribution >= 0.6 is 27.5 Å². The van der Waals surface area contributed by atoms with Gasteiger partial charge in [0.2, 0.25) is 5.91 Å². The van der Waals surface area contributed by atoms with Crippen LogP contribution in [0.5, 0.6) is 0 Å². The van der Waals surface area contributed by atoms with Crippen molar-refractivity contribution in [2.45, 2.75) is 31.7 Å². The number of nitrogens with zero attached hydrogens (tertiary/aromatic N) is 1. The second kappa shape index (κ2) is 5.89. The highest BCUT2D eigenvalue weighted by Gasteiger charge is 2.25. The second-order valence-electron chi connectivity index (χ2n) is 4.58. The van der Waals surface area contributed by atoms with Gasteiger partial charge in [-0.25, -0.2) is 4.98 Å². The van der Waals surface area contributed by atoms with E-state index in [-0.39, 0.29) is 11.8 Å². The fraction of sp³-hybridized carbons (Fsp3) is 0.500. The molecular weight excluding hydrogens is 318 g/mol. The van der Waals surface area contributed by atoms with E-state index >= 15 is 0 Å². The zero-order valence-corrected chi connectivity index (χ0v) is 12.2. The van der Waals surface area contributed by atoms with Crippen molar-refractivity contribution in [3.8, 4) is 0 Å². The van der Waals surface area contributed by atoms with Crippen LogP contribution < -0.4 is 11.1 Å². The van der Waals surface area contributed by atoms with Gasteiger partial charge in [0.05, 0.1) is 5.02 Å². The van der Waals surface area contributed by atoms with E-state index in [9.17, 15) is 4.79 Å². The minimum absolute atomic E-state index is 0.0244. The molecule has 6 heteroatoms. The molecule has 3 N–H and O–H groups in total. The van der Waals surface area contributed by atoms with Crippen molar-refractivity contribution < 1.29 is 4.79 Å². The molecule has 1 saturated carbocycles. The molecule has 18 heavy (non-hydrogen) atoms. The fourth-order valence-electron chi connectivity index (χ4n) is 2.24. The van der Waals surface area contributed by atoms with Crippen molar-refractivity contribution in [2.24, 2.45) is 11.7 Å². The zero-order valence-electron chi connectivity index (χ0n) is 9.83. The molecule has 0 spiro atoms. The Bertz CT molecular complexity index is 447. The molecule has 0 saturated heterocycles. The van der Waals surface area contributed by atoms with Crippen LogP contribution in [0.3, 0.4) is 0 Å². The summed E-state index contributed by atoms with van der Waals surface area (Å²) in [5.41, 5.74) is 5.31. The standard InChI is InChI=1S/C12H15BrClN3O/c13-8-5-10(14)12(16-6-8)17-9-3-1-7(2-4-9)11(15)18/h5-7,9H,1-4H2,(H2,15,18)(H,16,17). The number of aromatic nitrogens is 1. The van der Waals surface area contributed by atoms with Crippen molar-refractivity contribution in [1.82, 2.24) is 4.98 Å². The number of nitrogens with one attached hydrogen (secondary N) is 1. The Morgan fingerprint density at radius 3 is 2.67 bits per heavy atom. The van der Waals surface area contributed by atoms with E-state index in [0.29, 0.717) is 16.9 Å². The van der Waals surface area contributed by atoms with Crippen molar-refractivity contribution in [2.75, 3.05) is 5.32 Å². The molecule has 0 aromatic carbocycles. The molecule has 0 unspecified atom stereocenters. The van der Waals surface area contributed by atoms with Crippen LogP contribution in [0.25, 0.3) is 0 Å². The number of primary amides is 1. The van der Waals surface area contributed by atoms with E-state index in [1.54, 1.807) is 6.20 Å². The number of hydrogen-bond acceptors (Lipinski definition) is 3. The quantitative estimate of drug-likeness (QED) is 0.894. The lowest BCUT2D eigenvalue weighted by Crippen LogP contribution is -2.32. The zero-order chi connectivity index (χ0) is 13.1. The molecule has 0 bridgehead atoms. The monoisotopic (exact) mass is 331 g/mol. The van der Waals surface area contributed by atoms with Gasteiger partial charge in [0, 0.05) is 22.6 Å². The molecule has 1 fully saturated rings. The Kier molecular flexibility index (Phi) is 4.45. The van der Waals surface area contributed by atoms with Gasteiger partial charge in [-0.05, 0) is 47.7 Å². The van der Waals surface area contributed by atoms with Crippen LogP contribution in [0, 0.1) is 5.92 Å². The lowest BCUT2D eigenvalue weighted by Gasteiger charge is -2.27.